The molecule has 13 heteroatoms. The lowest BCUT2D eigenvalue weighted by Gasteiger charge is -2.24. The van der Waals surface area contributed by atoms with E-state index in [1.54, 1.807) is 38.1 Å². The summed E-state index contributed by atoms with van der Waals surface area (Å²) in [6, 6.07) is 20.9. The Morgan fingerprint density at radius 3 is 2.00 bits per heavy atom. The molecule has 0 bridgehead atoms. The summed E-state index contributed by atoms with van der Waals surface area (Å²) in [4.78, 5) is 21.0. The maximum absolute atomic E-state index is 13.4. The van der Waals surface area contributed by atoms with Gasteiger partial charge in [-0.05, 0) is 80.6 Å². The van der Waals surface area contributed by atoms with Crippen molar-refractivity contribution < 1.29 is 21.6 Å². The lowest BCUT2D eigenvalue weighted by Crippen LogP contribution is -2.38. The van der Waals surface area contributed by atoms with Crippen molar-refractivity contribution in [2.45, 2.75) is 23.6 Å². The van der Waals surface area contributed by atoms with E-state index in [1.807, 2.05) is 0 Å². The number of anilines is 3. The minimum atomic E-state index is -4.09. The van der Waals surface area contributed by atoms with Gasteiger partial charge < -0.3 is 5.32 Å². The zero-order valence-electron chi connectivity index (χ0n) is 20.9. The topological polar surface area (TPSA) is 138 Å². The number of carbonyl (C=O) groups is 1. The standard InChI is InChI=1S/C26H24ClN5O5S2/c1-18-16-19(2)29-26(28-18)31-38(34,35)23-14-10-21(11-15-23)30-25(33)17-32(22-12-8-20(27)9-13-22)39(36,37)24-6-4-3-5-7-24/h3-16H,17H2,1-2H3,(H,30,33)(H,28,29,31). The Morgan fingerprint density at radius 1 is 0.821 bits per heavy atom. The molecule has 0 unspecified atom stereocenters. The molecule has 1 aromatic heterocycles. The summed E-state index contributed by atoms with van der Waals surface area (Å²) in [5, 5.41) is 3.02. The predicted octanol–water partition coefficient (Wildman–Crippen LogP) is 4.38. The summed E-state index contributed by atoms with van der Waals surface area (Å²) in [7, 11) is -8.07. The molecule has 4 rings (SSSR count). The zero-order chi connectivity index (χ0) is 28.2. The largest absolute Gasteiger partial charge is 0.325 e. The van der Waals surface area contributed by atoms with E-state index >= 15 is 0 Å². The van der Waals surface area contributed by atoms with Crippen LogP contribution < -0.4 is 14.3 Å². The van der Waals surface area contributed by atoms with Crippen LogP contribution in [0.4, 0.5) is 17.3 Å². The summed E-state index contributed by atoms with van der Waals surface area (Å²) in [5.41, 5.74) is 1.75. The molecule has 3 aromatic carbocycles. The van der Waals surface area contributed by atoms with Gasteiger partial charge in [-0.15, -0.1) is 0 Å². The minimum Gasteiger partial charge on any atom is -0.325 e. The second kappa shape index (κ2) is 11.4. The van der Waals surface area contributed by atoms with E-state index in [4.69, 9.17) is 11.6 Å². The molecule has 39 heavy (non-hydrogen) atoms. The summed E-state index contributed by atoms with van der Waals surface area (Å²) in [6.45, 7) is 2.91. The number of amides is 1. The Kier molecular flexibility index (Phi) is 8.19. The lowest BCUT2D eigenvalue weighted by molar-refractivity contribution is -0.114. The van der Waals surface area contributed by atoms with Gasteiger partial charge in [-0.3, -0.25) is 9.10 Å². The first-order chi connectivity index (χ1) is 18.4. The van der Waals surface area contributed by atoms with Crippen LogP contribution in [0.5, 0.6) is 0 Å². The van der Waals surface area contributed by atoms with Crippen molar-refractivity contribution in [2.24, 2.45) is 0 Å². The first-order valence-electron chi connectivity index (χ1n) is 11.5. The summed E-state index contributed by atoms with van der Waals surface area (Å²) in [6.07, 6.45) is 0. The Bertz CT molecular complexity index is 1680. The number of nitrogens with zero attached hydrogens (tertiary/aromatic N) is 3. The number of rotatable bonds is 9. The van der Waals surface area contributed by atoms with Gasteiger partial charge in [0.05, 0.1) is 15.5 Å². The van der Waals surface area contributed by atoms with Crippen LogP contribution in [-0.4, -0.2) is 39.3 Å². The van der Waals surface area contributed by atoms with Crippen molar-refractivity contribution >= 4 is 54.9 Å². The summed E-state index contributed by atoms with van der Waals surface area (Å²) < 4.78 is 55.6. The number of hydrogen-bond acceptors (Lipinski definition) is 7. The number of sulfonamides is 2. The molecule has 4 aromatic rings. The molecule has 10 nitrogen and oxygen atoms in total. The third-order valence-corrected chi connectivity index (χ3v) is 8.77. The van der Waals surface area contributed by atoms with Crippen molar-refractivity contribution in [3.8, 4) is 0 Å². The fourth-order valence-corrected chi connectivity index (χ4v) is 6.15. The minimum absolute atomic E-state index is 0.0163. The third kappa shape index (κ3) is 6.91. The van der Waals surface area contributed by atoms with Crippen LogP contribution in [0, 0.1) is 13.8 Å². The monoisotopic (exact) mass is 585 g/mol. The summed E-state index contributed by atoms with van der Waals surface area (Å²) >= 11 is 5.96. The number of halogens is 1. The Hall–Kier alpha value is -4.00. The van der Waals surface area contributed by atoms with Gasteiger partial charge in [0.25, 0.3) is 20.0 Å². The van der Waals surface area contributed by atoms with Crippen LogP contribution in [0.25, 0.3) is 0 Å². The molecular weight excluding hydrogens is 562 g/mol. The molecule has 2 N–H and O–H groups in total. The van der Waals surface area contributed by atoms with Gasteiger partial charge in [-0.2, -0.15) is 0 Å². The van der Waals surface area contributed by atoms with Gasteiger partial charge in [0.2, 0.25) is 11.9 Å². The highest BCUT2D eigenvalue weighted by atomic mass is 35.5. The average molecular weight is 586 g/mol. The molecule has 0 atom stereocenters. The highest BCUT2D eigenvalue weighted by molar-refractivity contribution is 7.93. The quantitative estimate of drug-likeness (QED) is 0.297. The Morgan fingerprint density at radius 2 is 1.41 bits per heavy atom. The van der Waals surface area contributed by atoms with E-state index < -0.39 is 32.5 Å². The predicted molar refractivity (Wildman–Crippen MR) is 150 cm³/mol. The van der Waals surface area contributed by atoms with Crippen LogP contribution in [0.15, 0.2) is 94.7 Å². The molecular formula is C26H24ClN5O5S2. The summed E-state index contributed by atoms with van der Waals surface area (Å²) in [5.74, 6) is -0.686. The molecule has 1 amide bonds. The highest BCUT2D eigenvalue weighted by Gasteiger charge is 2.27. The second-order valence-electron chi connectivity index (χ2n) is 8.45. The van der Waals surface area contributed by atoms with Crippen molar-refractivity contribution in [3.63, 3.8) is 0 Å². The molecule has 0 saturated carbocycles. The van der Waals surface area contributed by atoms with Crippen molar-refractivity contribution in [1.82, 2.24) is 9.97 Å². The van der Waals surface area contributed by atoms with Crippen LogP contribution in [-0.2, 0) is 24.8 Å². The number of carbonyl (C=O) groups excluding carboxylic acids is 1. The number of aryl methyl sites for hydroxylation is 2. The third-order valence-electron chi connectivity index (χ3n) is 5.39. The van der Waals surface area contributed by atoms with E-state index in [0.29, 0.717) is 16.4 Å². The van der Waals surface area contributed by atoms with Gasteiger partial charge in [0.15, 0.2) is 0 Å². The van der Waals surface area contributed by atoms with Crippen LogP contribution in [0.1, 0.15) is 11.4 Å². The van der Waals surface area contributed by atoms with E-state index in [2.05, 4.69) is 20.0 Å². The van der Waals surface area contributed by atoms with Crippen molar-refractivity contribution in [3.05, 3.63) is 101 Å². The zero-order valence-corrected chi connectivity index (χ0v) is 23.3. The van der Waals surface area contributed by atoms with Gasteiger partial charge >= 0.3 is 0 Å². The molecule has 0 fully saturated rings. The van der Waals surface area contributed by atoms with Crippen LogP contribution >= 0.6 is 11.6 Å². The van der Waals surface area contributed by atoms with E-state index in [9.17, 15) is 21.6 Å². The fraction of sp³-hybridized carbons (Fsp3) is 0.115. The van der Waals surface area contributed by atoms with Gasteiger partial charge in [0.1, 0.15) is 6.54 Å². The molecule has 0 spiro atoms. The SMILES string of the molecule is Cc1cc(C)nc(NS(=O)(=O)c2ccc(NC(=O)CN(c3ccc(Cl)cc3)S(=O)(=O)c3ccccc3)cc2)n1. The Labute approximate surface area is 231 Å². The number of aromatic nitrogens is 2. The van der Waals surface area contributed by atoms with E-state index in [-0.39, 0.29) is 27.1 Å². The first-order valence-corrected chi connectivity index (χ1v) is 14.8. The number of hydrogen-bond donors (Lipinski definition) is 2. The molecule has 1 heterocycles. The van der Waals surface area contributed by atoms with E-state index in [1.165, 1.54) is 60.7 Å². The number of nitrogens with one attached hydrogen (secondary N) is 2. The van der Waals surface area contributed by atoms with Gasteiger partial charge in [-0.1, -0.05) is 29.8 Å². The molecule has 0 saturated heterocycles. The molecule has 0 aliphatic rings. The molecule has 0 radical (unpaired) electrons. The highest BCUT2D eigenvalue weighted by Crippen LogP contribution is 2.25. The van der Waals surface area contributed by atoms with Gasteiger partial charge in [0, 0.05) is 22.1 Å². The normalized spacial score (nSPS) is 11.6. The number of benzene rings is 3. The van der Waals surface area contributed by atoms with Gasteiger partial charge in [-0.25, -0.2) is 31.5 Å². The van der Waals surface area contributed by atoms with E-state index in [0.717, 1.165) is 4.31 Å². The molecule has 0 aliphatic carbocycles. The maximum atomic E-state index is 13.4. The maximum Gasteiger partial charge on any atom is 0.264 e. The smallest absolute Gasteiger partial charge is 0.264 e. The van der Waals surface area contributed by atoms with Crippen molar-refractivity contribution in [1.29, 1.82) is 0 Å². The Balaban J connectivity index is 1.52. The molecule has 202 valence electrons. The van der Waals surface area contributed by atoms with Crippen LogP contribution in [0.2, 0.25) is 5.02 Å². The van der Waals surface area contributed by atoms with Crippen molar-refractivity contribution in [2.75, 3.05) is 20.9 Å². The first kappa shape index (κ1) is 28.0. The second-order valence-corrected chi connectivity index (χ2v) is 12.4. The average Bonchev–Trinajstić information content (AvgIpc) is 2.88. The fourth-order valence-electron chi connectivity index (χ4n) is 3.64. The molecule has 0 aliphatic heterocycles. The lowest BCUT2D eigenvalue weighted by atomic mass is 10.3. The van der Waals surface area contributed by atoms with Crippen LogP contribution in [0.3, 0.4) is 0 Å².